The largest absolute Gasteiger partial charge is 0.497 e. The smallest absolute Gasteiger partial charge is 0.122 e. The van der Waals surface area contributed by atoms with E-state index >= 15 is 0 Å². The van der Waals surface area contributed by atoms with E-state index < -0.39 is 0 Å². The first-order valence-electron chi connectivity index (χ1n) is 6.17. The van der Waals surface area contributed by atoms with E-state index in [4.69, 9.17) is 9.47 Å². The van der Waals surface area contributed by atoms with E-state index in [1.165, 1.54) is 24.8 Å². The van der Waals surface area contributed by atoms with Crippen molar-refractivity contribution in [2.45, 2.75) is 31.2 Å². The van der Waals surface area contributed by atoms with E-state index in [0.29, 0.717) is 12.0 Å². The predicted octanol–water partition coefficient (Wildman–Crippen LogP) is 2.56. The number of rotatable bonds is 4. The highest BCUT2D eigenvalue weighted by Gasteiger charge is 2.25. The Labute approximate surface area is 103 Å². The highest BCUT2D eigenvalue weighted by atomic mass is 16.5. The van der Waals surface area contributed by atoms with E-state index in [1.807, 2.05) is 13.1 Å². The first-order chi connectivity index (χ1) is 8.26. The Morgan fingerprint density at radius 3 is 2.18 bits per heavy atom. The third kappa shape index (κ3) is 2.72. The van der Waals surface area contributed by atoms with Crippen LogP contribution in [-0.2, 0) is 0 Å². The molecule has 0 amide bonds. The minimum absolute atomic E-state index is 0.622. The molecule has 1 saturated carbocycles. The van der Waals surface area contributed by atoms with Crippen LogP contribution in [0.5, 0.6) is 11.5 Å². The molecular weight excluding hydrogens is 214 g/mol. The third-order valence-electron chi connectivity index (χ3n) is 3.69. The normalized spacial score (nSPS) is 23.7. The number of methoxy groups -OCH3 is 2. The quantitative estimate of drug-likeness (QED) is 0.870. The highest BCUT2D eigenvalue weighted by molar-refractivity contribution is 5.40. The van der Waals surface area contributed by atoms with Crippen molar-refractivity contribution in [2.24, 2.45) is 0 Å². The van der Waals surface area contributed by atoms with Gasteiger partial charge in [0.2, 0.25) is 0 Å². The van der Waals surface area contributed by atoms with Gasteiger partial charge in [0.05, 0.1) is 14.2 Å². The SMILES string of the molecule is CNC1CCC(c2cc(OC)cc(OC)c2)C1. The predicted molar refractivity (Wildman–Crippen MR) is 69.0 cm³/mol. The Hall–Kier alpha value is -1.22. The summed E-state index contributed by atoms with van der Waals surface area (Å²) in [5.41, 5.74) is 1.33. The molecule has 1 aliphatic rings. The number of hydrogen-bond donors (Lipinski definition) is 1. The average molecular weight is 235 g/mol. The Kier molecular flexibility index (Phi) is 3.89. The number of hydrogen-bond acceptors (Lipinski definition) is 3. The second-order valence-corrected chi connectivity index (χ2v) is 4.64. The molecule has 0 radical (unpaired) electrons. The van der Waals surface area contributed by atoms with Gasteiger partial charge in [0.1, 0.15) is 11.5 Å². The van der Waals surface area contributed by atoms with Crippen molar-refractivity contribution in [3.05, 3.63) is 23.8 Å². The molecule has 94 valence electrons. The van der Waals surface area contributed by atoms with Gasteiger partial charge in [-0.05, 0) is 49.9 Å². The van der Waals surface area contributed by atoms with Crippen molar-refractivity contribution in [2.75, 3.05) is 21.3 Å². The fraction of sp³-hybridized carbons (Fsp3) is 0.571. The molecule has 1 aromatic rings. The second kappa shape index (κ2) is 5.41. The van der Waals surface area contributed by atoms with E-state index in [2.05, 4.69) is 17.4 Å². The van der Waals surface area contributed by atoms with Gasteiger partial charge < -0.3 is 14.8 Å². The first-order valence-corrected chi connectivity index (χ1v) is 6.17. The lowest BCUT2D eigenvalue weighted by molar-refractivity contribution is 0.392. The van der Waals surface area contributed by atoms with Crippen LogP contribution in [0.2, 0.25) is 0 Å². The molecule has 3 heteroatoms. The fourth-order valence-electron chi connectivity index (χ4n) is 2.61. The lowest BCUT2D eigenvalue weighted by atomic mass is 9.97. The van der Waals surface area contributed by atoms with Crippen LogP contribution in [-0.4, -0.2) is 27.3 Å². The van der Waals surface area contributed by atoms with Gasteiger partial charge in [0.15, 0.2) is 0 Å². The minimum atomic E-state index is 0.622. The van der Waals surface area contributed by atoms with E-state index in [-0.39, 0.29) is 0 Å². The first kappa shape index (κ1) is 12.2. The maximum absolute atomic E-state index is 5.31. The van der Waals surface area contributed by atoms with E-state index in [0.717, 1.165) is 11.5 Å². The lowest BCUT2D eigenvalue weighted by Crippen LogP contribution is -2.21. The summed E-state index contributed by atoms with van der Waals surface area (Å²) >= 11 is 0. The van der Waals surface area contributed by atoms with Gasteiger partial charge in [0.25, 0.3) is 0 Å². The molecule has 3 nitrogen and oxygen atoms in total. The zero-order chi connectivity index (χ0) is 12.3. The molecule has 0 spiro atoms. The molecule has 1 N–H and O–H groups in total. The molecule has 1 aliphatic carbocycles. The Morgan fingerprint density at radius 2 is 1.71 bits per heavy atom. The van der Waals surface area contributed by atoms with Gasteiger partial charge in [-0.25, -0.2) is 0 Å². The summed E-state index contributed by atoms with van der Waals surface area (Å²) in [4.78, 5) is 0. The fourth-order valence-corrected chi connectivity index (χ4v) is 2.61. The van der Waals surface area contributed by atoms with Crippen LogP contribution in [0, 0.1) is 0 Å². The van der Waals surface area contributed by atoms with E-state index in [9.17, 15) is 0 Å². The van der Waals surface area contributed by atoms with Crippen LogP contribution in [0.25, 0.3) is 0 Å². The minimum Gasteiger partial charge on any atom is -0.497 e. The standard InChI is InChI=1S/C14H21NO2/c1-15-12-5-4-10(6-12)11-7-13(16-2)9-14(8-11)17-3/h7-10,12,15H,4-6H2,1-3H3. The summed E-state index contributed by atoms with van der Waals surface area (Å²) in [5, 5.41) is 3.36. The van der Waals surface area contributed by atoms with Crippen LogP contribution in [0.4, 0.5) is 0 Å². The Bertz CT molecular complexity index is 356. The molecule has 2 unspecified atom stereocenters. The van der Waals surface area contributed by atoms with Gasteiger partial charge in [-0.3, -0.25) is 0 Å². The van der Waals surface area contributed by atoms with Crippen molar-refractivity contribution in [1.29, 1.82) is 0 Å². The topological polar surface area (TPSA) is 30.5 Å². The van der Waals surface area contributed by atoms with Crippen LogP contribution < -0.4 is 14.8 Å². The lowest BCUT2D eigenvalue weighted by Gasteiger charge is -2.14. The molecule has 0 saturated heterocycles. The molecule has 2 rings (SSSR count). The summed E-state index contributed by atoms with van der Waals surface area (Å²) in [7, 11) is 5.44. The summed E-state index contributed by atoms with van der Waals surface area (Å²) in [5.74, 6) is 2.39. The zero-order valence-corrected chi connectivity index (χ0v) is 10.8. The highest BCUT2D eigenvalue weighted by Crippen LogP contribution is 2.37. The summed E-state index contributed by atoms with van der Waals surface area (Å²) < 4.78 is 10.6. The third-order valence-corrected chi connectivity index (χ3v) is 3.69. The van der Waals surface area contributed by atoms with Crippen LogP contribution in [0.3, 0.4) is 0 Å². The van der Waals surface area contributed by atoms with Crippen molar-refractivity contribution in [3.63, 3.8) is 0 Å². The van der Waals surface area contributed by atoms with Crippen molar-refractivity contribution >= 4 is 0 Å². The van der Waals surface area contributed by atoms with Crippen LogP contribution in [0.1, 0.15) is 30.7 Å². The number of ether oxygens (including phenoxy) is 2. The molecule has 0 heterocycles. The van der Waals surface area contributed by atoms with Crippen LogP contribution >= 0.6 is 0 Å². The molecule has 1 fully saturated rings. The average Bonchev–Trinajstić information content (AvgIpc) is 2.86. The molecule has 0 aliphatic heterocycles. The van der Waals surface area contributed by atoms with Crippen molar-refractivity contribution in [3.8, 4) is 11.5 Å². The molecule has 0 bridgehead atoms. The molecular formula is C14H21NO2. The van der Waals surface area contributed by atoms with E-state index in [1.54, 1.807) is 14.2 Å². The molecule has 0 aromatic heterocycles. The molecule has 2 atom stereocenters. The second-order valence-electron chi connectivity index (χ2n) is 4.64. The maximum atomic E-state index is 5.31. The van der Waals surface area contributed by atoms with Gasteiger partial charge in [-0.15, -0.1) is 0 Å². The number of benzene rings is 1. The van der Waals surface area contributed by atoms with Gasteiger partial charge in [-0.2, -0.15) is 0 Å². The van der Waals surface area contributed by atoms with Gasteiger partial charge >= 0.3 is 0 Å². The molecule has 1 aromatic carbocycles. The summed E-state index contributed by atoms with van der Waals surface area (Å²) in [6, 6.07) is 6.84. The monoisotopic (exact) mass is 235 g/mol. The Morgan fingerprint density at radius 1 is 1.06 bits per heavy atom. The van der Waals surface area contributed by atoms with Gasteiger partial charge in [0, 0.05) is 12.1 Å². The molecule has 17 heavy (non-hydrogen) atoms. The zero-order valence-electron chi connectivity index (χ0n) is 10.8. The number of nitrogens with one attached hydrogen (secondary N) is 1. The van der Waals surface area contributed by atoms with Crippen molar-refractivity contribution in [1.82, 2.24) is 5.32 Å². The Balaban J connectivity index is 2.20. The van der Waals surface area contributed by atoms with Crippen LogP contribution in [0.15, 0.2) is 18.2 Å². The van der Waals surface area contributed by atoms with Crippen molar-refractivity contribution < 1.29 is 9.47 Å². The van der Waals surface area contributed by atoms with Gasteiger partial charge in [-0.1, -0.05) is 0 Å². The maximum Gasteiger partial charge on any atom is 0.122 e. The summed E-state index contributed by atoms with van der Waals surface area (Å²) in [6.45, 7) is 0. The summed E-state index contributed by atoms with van der Waals surface area (Å²) in [6.07, 6.45) is 3.69.